The molecular weight excluding hydrogens is 431 g/mol. The lowest BCUT2D eigenvalue weighted by molar-refractivity contribution is -0.116. The average molecular weight is 453 g/mol. The second-order valence-corrected chi connectivity index (χ2v) is 8.15. The molecule has 0 saturated carbocycles. The Bertz CT molecular complexity index is 816. The monoisotopic (exact) mass is 452 g/mol. The maximum absolute atomic E-state index is 14.0. The molecule has 2 N–H and O–H groups in total. The fourth-order valence-electron chi connectivity index (χ4n) is 2.39. The van der Waals surface area contributed by atoms with E-state index < -0.39 is 5.82 Å². The van der Waals surface area contributed by atoms with Crippen LogP contribution < -0.4 is 10.6 Å². The average Bonchev–Trinajstić information content (AvgIpc) is 2.62. The minimum Gasteiger partial charge on any atom is -0.326 e. The second-order valence-electron chi connectivity index (χ2n) is 5.95. The molecule has 1 atom stereocenters. The lowest BCUT2D eigenvalue weighted by Gasteiger charge is -2.16. The van der Waals surface area contributed by atoms with Gasteiger partial charge in [0.05, 0.1) is 10.9 Å². The van der Waals surface area contributed by atoms with Crippen LogP contribution in [0.4, 0.5) is 15.8 Å². The highest BCUT2D eigenvalue weighted by Crippen LogP contribution is 2.29. The van der Waals surface area contributed by atoms with Gasteiger partial charge >= 0.3 is 0 Å². The van der Waals surface area contributed by atoms with Crippen molar-refractivity contribution in [3.8, 4) is 0 Å². The third kappa shape index (κ3) is 6.66. The van der Waals surface area contributed by atoms with Crippen molar-refractivity contribution in [1.82, 2.24) is 0 Å². The number of hydrogen-bond donors (Lipinski definition) is 2. The number of hydrogen-bond acceptors (Lipinski definition) is 3. The summed E-state index contributed by atoms with van der Waals surface area (Å²) in [4.78, 5) is 25.2. The molecule has 0 aromatic heterocycles. The van der Waals surface area contributed by atoms with Crippen LogP contribution in [0.15, 0.2) is 51.8 Å². The van der Waals surface area contributed by atoms with Crippen LogP contribution in [0, 0.1) is 5.82 Å². The molecule has 27 heavy (non-hydrogen) atoms. The zero-order valence-corrected chi connectivity index (χ0v) is 17.6. The molecule has 0 spiro atoms. The summed E-state index contributed by atoms with van der Waals surface area (Å²) in [6, 6.07) is 11.9. The summed E-state index contributed by atoms with van der Waals surface area (Å²) in [5, 5.41) is 5.12. The van der Waals surface area contributed by atoms with Crippen molar-refractivity contribution in [3.05, 3.63) is 52.8 Å². The van der Waals surface area contributed by atoms with Crippen molar-refractivity contribution in [2.75, 3.05) is 10.6 Å². The van der Waals surface area contributed by atoms with E-state index in [1.165, 1.54) is 23.9 Å². The van der Waals surface area contributed by atoms with Crippen molar-refractivity contribution in [3.63, 3.8) is 0 Å². The molecule has 2 amide bonds. The summed E-state index contributed by atoms with van der Waals surface area (Å²) in [6.45, 7) is 3.85. The van der Waals surface area contributed by atoms with Crippen LogP contribution >= 0.6 is 27.7 Å². The smallest absolute Gasteiger partial charge is 0.237 e. The zero-order valence-electron chi connectivity index (χ0n) is 15.2. The van der Waals surface area contributed by atoms with Gasteiger partial charge in [-0.15, -0.1) is 11.8 Å². The minimum atomic E-state index is -0.488. The Morgan fingerprint density at radius 1 is 1.15 bits per heavy atom. The summed E-state index contributed by atoms with van der Waals surface area (Å²) in [7, 11) is 0. The van der Waals surface area contributed by atoms with Crippen LogP contribution in [-0.4, -0.2) is 17.1 Å². The van der Waals surface area contributed by atoms with E-state index in [0.29, 0.717) is 23.0 Å². The van der Waals surface area contributed by atoms with Gasteiger partial charge in [-0.3, -0.25) is 9.59 Å². The topological polar surface area (TPSA) is 58.2 Å². The Labute approximate surface area is 171 Å². The number of rotatable bonds is 8. The Morgan fingerprint density at radius 2 is 1.93 bits per heavy atom. The Morgan fingerprint density at radius 3 is 2.59 bits per heavy atom. The highest BCUT2D eigenvalue weighted by molar-refractivity contribution is 9.10. The number of amides is 2. The first-order valence-electron chi connectivity index (χ1n) is 8.75. The number of nitrogens with one attached hydrogen (secondary N) is 2. The third-order valence-electron chi connectivity index (χ3n) is 3.73. The van der Waals surface area contributed by atoms with E-state index in [4.69, 9.17) is 0 Å². The maximum Gasteiger partial charge on any atom is 0.237 e. The van der Waals surface area contributed by atoms with Crippen molar-refractivity contribution >= 4 is 50.9 Å². The largest absolute Gasteiger partial charge is 0.326 e. The van der Waals surface area contributed by atoms with Crippen LogP contribution in [-0.2, 0) is 9.59 Å². The van der Waals surface area contributed by atoms with E-state index in [2.05, 4.69) is 26.6 Å². The van der Waals surface area contributed by atoms with Gasteiger partial charge in [0.25, 0.3) is 0 Å². The first-order chi connectivity index (χ1) is 12.9. The molecule has 2 rings (SSSR count). The van der Waals surface area contributed by atoms with Crippen LogP contribution in [0.3, 0.4) is 0 Å². The van der Waals surface area contributed by atoms with E-state index in [1.807, 2.05) is 38.1 Å². The Kier molecular flexibility index (Phi) is 8.31. The fourth-order valence-corrected chi connectivity index (χ4v) is 3.73. The SMILES string of the molecule is CCCC(=O)Nc1cccc(SC(CC)C(=O)Nc2ccc(Br)cc2F)c1. The predicted octanol–water partition coefficient (Wildman–Crippen LogP) is 5.84. The highest BCUT2D eigenvalue weighted by Gasteiger charge is 2.19. The fraction of sp³-hybridized carbons (Fsp3) is 0.300. The summed E-state index contributed by atoms with van der Waals surface area (Å²) >= 11 is 4.58. The van der Waals surface area contributed by atoms with Gasteiger partial charge in [0.1, 0.15) is 5.82 Å². The Balaban J connectivity index is 2.05. The summed E-state index contributed by atoms with van der Waals surface area (Å²) in [5.74, 6) is -0.780. The molecule has 0 aliphatic heterocycles. The molecule has 0 aliphatic carbocycles. The molecule has 0 heterocycles. The molecule has 144 valence electrons. The molecule has 0 bridgehead atoms. The molecule has 2 aromatic rings. The third-order valence-corrected chi connectivity index (χ3v) is 5.58. The van der Waals surface area contributed by atoms with Gasteiger partial charge in [0.15, 0.2) is 0 Å². The van der Waals surface area contributed by atoms with Gasteiger partial charge in [0.2, 0.25) is 11.8 Å². The molecule has 0 fully saturated rings. The van der Waals surface area contributed by atoms with Crippen molar-refractivity contribution in [2.45, 2.75) is 43.3 Å². The zero-order chi connectivity index (χ0) is 19.8. The molecule has 1 unspecified atom stereocenters. The van der Waals surface area contributed by atoms with Crippen LogP contribution in [0.1, 0.15) is 33.1 Å². The van der Waals surface area contributed by atoms with Crippen LogP contribution in [0.5, 0.6) is 0 Å². The predicted molar refractivity (Wildman–Crippen MR) is 113 cm³/mol. The van der Waals surface area contributed by atoms with Crippen LogP contribution in [0.2, 0.25) is 0 Å². The van der Waals surface area contributed by atoms with E-state index in [0.717, 1.165) is 11.3 Å². The summed E-state index contributed by atoms with van der Waals surface area (Å²) in [5.41, 5.74) is 0.857. The molecule has 7 heteroatoms. The van der Waals surface area contributed by atoms with Gasteiger partial charge < -0.3 is 10.6 Å². The van der Waals surface area contributed by atoms with E-state index in [-0.39, 0.29) is 22.8 Å². The number of halogens is 2. The first-order valence-corrected chi connectivity index (χ1v) is 10.4. The van der Waals surface area contributed by atoms with Gasteiger partial charge in [-0.25, -0.2) is 4.39 Å². The molecular formula is C20H22BrFN2O2S. The first kappa shape index (κ1) is 21.4. The standard InChI is InChI=1S/C20H22BrFN2O2S/c1-3-6-19(25)23-14-7-5-8-15(12-14)27-18(4-2)20(26)24-17-10-9-13(21)11-16(17)22/h5,7-12,18H,3-4,6H2,1-2H3,(H,23,25)(H,24,26). The van der Waals surface area contributed by atoms with Crippen molar-refractivity contribution in [1.29, 1.82) is 0 Å². The number of anilines is 2. The maximum atomic E-state index is 14.0. The molecule has 2 aromatic carbocycles. The second kappa shape index (κ2) is 10.5. The summed E-state index contributed by atoms with van der Waals surface area (Å²) < 4.78 is 14.6. The molecule has 0 aliphatic rings. The van der Waals surface area contributed by atoms with E-state index in [9.17, 15) is 14.0 Å². The van der Waals surface area contributed by atoms with Crippen LogP contribution in [0.25, 0.3) is 0 Å². The van der Waals surface area contributed by atoms with E-state index in [1.54, 1.807) is 6.07 Å². The molecule has 4 nitrogen and oxygen atoms in total. The number of carbonyl (C=O) groups is 2. The minimum absolute atomic E-state index is 0.0323. The van der Waals surface area contributed by atoms with Gasteiger partial charge in [-0.1, -0.05) is 35.8 Å². The van der Waals surface area contributed by atoms with Crippen molar-refractivity contribution < 1.29 is 14.0 Å². The number of thioether (sulfide) groups is 1. The van der Waals surface area contributed by atoms with Crippen molar-refractivity contribution in [2.24, 2.45) is 0 Å². The normalized spacial score (nSPS) is 11.7. The van der Waals surface area contributed by atoms with Gasteiger partial charge in [-0.05, 0) is 49.2 Å². The summed E-state index contributed by atoms with van der Waals surface area (Å²) in [6.07, 6.45) is 1.84. The lowest BCUT2D eigenvalue weighted by atomic mass is 10.2. The van der Waals surface area contributed by atoms with Gasteiger partial charge in [0, 0.05) is 21.5 Å². The number of benzene rings is 2. The lowest BCUT2D eigenvalue weighted by Crippen LogP contribution is -2.25. The van der Waals surface area contributed by atoms with E-state index >= 15 is 0 Å². The Hall–Kier alpha value is -1.86. The quantitative estimate of drug-likeness (QED) is 0.494. The number of carbonyl (C=O) groups excluding carboxylic acids is 2. The molecule has 0 radical (unpaired) electrons. The highest BCUT2D eigenvalue weighted by atomic mass is 79.9. The van der Waals surface area contributed by atoms with Gasteiger partial charge in [-0.2, -0.15) is 0 Å². The molecule has 0 saturated heterocycles.